The summed E-state index contributed by atoms with van der Waals surface area (Å²) in [7, 11) is 13.1. The third-order valence-corrected chi connectivity index (χ3v) is 5.21. The summed E-state index contributed by atoms with van der Waals surface area (Å²) in [5.41, 5.74) is 0. The minimum absolute atomic E-state index is 0.136. The van der Waals surface area contributed by atoms with Crippen LogP contribution in [0.1, 0.15) is 18.6 Å². The smallest absolute Gasteiger partial charge is 0.234 e. The lowest BCUT2D eigenvalue weighted by Gasteiger charge is -2.26. The first-order valence-corrected chi connectivity index (χ1v) is 12.6. The third kappa shape index (κ3) is 12.1. The van der Waals surface area contributed by atoms with Gasteiger partial charge in [0, 0.05) is 56.8 Å². The molecular formula is C24H46N10O7. The molecule has 0 fully saturated rings. The summed E-state index contributed by atoms with van der Waals surface area (Å²) in [6.07, 6.45) is -0.136. The molecule has 0 spiro atoms. The molecule has 1 atom stereocenters. The minimum Gasteiger partial charge on any atom is -0.364 e. The highest BCUT2D eigenvalue weighted by atomic mass is 16.5. The number of rotatable bonds is 18. The molecule has 0 saturated carbocycles. The van der Waals surface area contributed by atoms with Gasteiger partial charge in [-0.25, -0.2) is 0 Å². The third-order valence-electron chi connectivity index (χ3n) is 5.21. The van der Waals surface area contributed by atoms with E-state index in [-0.39, 0.29) is 6.23 Å². The second-order valence-electron chi connectivity index (χ2n) is 8.54. The number of hydrogen-bond acceptors (Lipinski definition) is 17. The lowest BCUT2D eigenvalue weighted by Crippen LogP contribution is -2.34. The molecule has 2 heterocycles. The van der Waals surface area contributed by atoms with Crippen molar-refractivity contribution in [3.63, 3.8) is 0 Å². The normalized spacial score (nSPS) is 11.5. The van der Waals surface area contributed by atoms with E-state index in [0.29, 0.717) is 75.8 Å². The van der Waals surface area contributed by atoms with Crippen LogP contribution in [0.15, 0.2) is 0 Å². The fourth-order valence-corrected chi connectivity index (χ4v) is 3.20. The maximum atomic E-state index is 5.26. The zero-order chi connectivity index (χ0) is 30.8. The van der Waals surface area contributed by atoms with Crippen molar-refractivity contribution in [2.24, 2.45) is 0 Å². The van der Waals surface area contributed by atoms with Crippen LogP contribution in [0, 0.1) is 13.8 Å². The molecule has 0 bridgehead atoms. The van der Waals surface area contributed by atoms with Crippen molar-refractivity contribution in [1.82, 2.24) is 29.9 Å². The van der Waals surface area contributed by atoms with E-state index in [4.69, 9.17) is 33.2 Å². The van der Waals surface area contributed by atoms with E-state index in [1.165, 1.54) is 0 Å². The molecule has 2 rings (SSSR count). The first-order valence-electron chi connectivity index (χ1n) is 12.6. The Bertz CT molecular complexity index is 942. The average Bonchev–Trinajstić information content (AvgIpc) is 2.95. The van der Waals surface area contributed by atoms with Crippen LogP contribution in [-0.4, -0.2) is 133 Å². The predicted molar refractivity (Wildman–Crippen MR) is 153 cm³/mol. The van der Waals surface area contributed by atoms with Crippen LogP contribution >= 0.6 is 0 Å². The Kier molecular flexibility index (Phi) is 17.5. The molecule has 17 nitrogen and oxygen atoms in total. The molecule has 17 heteroatoms. The number of aromatic nitrogens is 6. The molecule has 41 heavy (non-hydrogen) atoms. The Morgan fingerprint density at radius 3 is 1.02 bits per heavy atom. The highest BCUT2D eigenvalue weighted by Gasteiger charge is 2.18. The van der Waals surface area contributed by atoms with E-state index in [0.717, 1.165) is 0 Å². The zero-order valence-electron chi connectivity index (χ0n) is 26.1. The minimum atomic E-state index is -0.136. The lowest BCUT2D eigenvalue weighted by atomic mass is 10.5. The molecule has 0 aliphatic rings. The molecule has 234 valence electrons. The fraction of sp³-hybridized carbons (Fsp3) is 0.750. The van der Waals surface area contributed by atoms with Crippen LogP contribution in [-0.2, 0) is 33.2 Å². The molecule has 2 aromatic heterocycles. The van der Waals surface area contributed by atoms with Gasteiger partial charge >= 0.3 is 0 Å². The Morgan fingerprint density at radius 2 is 0.756 bits per heavy atom. The Balaban J connectivity index is 0.000000410. The number of methoxy groups -OCH3 is 7. The second kappa shape index (κ2) is 19.9. The summed E-state index contributed by atoms with van der Waals surface area (Å²) in [6.45, 7) is 7.44. The molecule has 0 radical (unpaired) electrons. The molecular weight excluding hydrogens is 540 g/mol. The van der Waals surface area contributed by atoms with Crippen LogP contribution in [0.4, 0.5) is 23.8 Å². The predicted octanol–water partition coefficient (Wildman–Crippen LogP) is 0.831. The highest BCUT2D eigenvalue weighted by Crippen LogP contribution is 2.16. The summed E-state index contributed by atoms with van der Waals surface area (Å²) in [4.78, 5) is 33.2. The van der Waals surface area contributed by atoms with Gasteiger partial charge in [0.25, 0.3) is 0 Å². The quantitative estimate of drug-likeness (QED) is 0.226. The number of hydrogen-bond donors (Lipinski definition) is 0. The van der Waals surface area contributed by atoms with Crippen LogP contribution < -0.4 is 19.6 Å². The maximum absolute atomic E-state index is 5.26. The van der Waals surface area contributed by atoms with E-state index in [9.17, 15) is 0 Å². The van der Waals surface area contributed by atoms with Crippen molar-refractivity contribution < 1.29 is 33.2 Å². The first kappa shape index (κ1) is 36.0. The van der Waals surface area contributed by atoms with E-state index < -0.39 is 0 Å². The average molecular weight is 587 g/mol. The molecule has 0 aliphatic heterocycles. The van der Waals surface area contributed by atoms with Gasteiger partial charge in [-0.15, -0.1) is 0 Å². The summed E-state index contributed by atoms with van der Waals surface area (Å²) in [6, 6.07) is 0. The van der Waals surface area contributed by atoms with Gasteiger partial charge in [-0.3, -0.25) is 14.7 Å². The molecule has 2 aromatic rings. The molecule has 0 aliphatic carbocycles. The highest BCUT2D eigenvalue weighted by molar-refractivity contribution is 5.39. The molecule has 0 N–H and O–H groups in total. The van der Waals surface area contributed by atoms with E-state index in [1.54, 1.807) is 71.4 Å². The fourth-order valence-electron chi connectivity index (χ4n) is 3.20. The monoisotopic (exact) mass is 586 g/mol. The van der Waals surface area contributed by atoms with Gasteiger partial charge in [0.15, 0.2) is 0 Å². The number of ether oxygens (including phenoxy) is 7. The zero-order valence-corrected chi connectivity index (χ0v) is 26.1. The largest absolute Gasteiger partial charge is 0.364 e. The molecule has 0 amide bonds. The van der Waals surface area contributed by atoms with E-state index >= 15 is 0 Å². The molecule has 0 aromatic carbocycles. The SMILES string of the molecule is COCN(COC)c1nc(C)nc(N(C)C(C)OC)n1.COCN(COC)c1nc(C)nc(N(COC)COC)n1. The van der Waals surface area contributed by atoms with Crippen molar-refractivity contribution in [1.29, 1.82) is 0 Å². The van der Waals surface area contributed by atoms with Gasteiger partial charge in [-0.2, -0.15) is 29.9 Å². The van der Waals surface area contributed by atoms with Crippen molar-refractivity contribution in [3.8, 4) is 0 Å². The van der Waals surface area contributed by atoms with Gasteiger partial charge in [-0.05, 0) is 20.8 Å². The lowest BCUT2D eigenvalue weighted by molar-refractivity contribution is 0.117. The Hall–Kier alpha value is -3.06. The van der Waals surface area contributed by atoms with Crippen molar-refractivity contribution in [3.05, 3.63) is 11.6 Å². The standard InChI is InChI=1S/C12H23N5O4.C12H23N5O3/c1-10-13-11(16(6-18-2)7-19-3)15-12(14-10)17(8-20-4)9-21-5;1-9-13-11(16(3)10(2)20-6)15-12(14-9)17(7-18-4)8-19-5/h6-9H2,1-5H3;10H,7-8H2,1-6H3. The first-order chi connectivity index (χ1) is 19.7. The van der Waals surface area contributed by atoms with Gasteiger partial charge in [0.2, 0.25) is 23.8 Å². The van der Waals surface area contributed by atoms with E-state index in [2.05, 4.69) is 29.9 Å². The Labute approximate surface area is 242 Å². The van der Waals surface area contributed by atoms with Gasteiger partial charge in [0.05, 0.1) is 0 Å². The number of anilines is 4. The summed E-state index contributed by atoms with van der Waals surface area (Å²) in [5.74, 6) is 3.20. The Morgan fingerprint density at radius 1 is 0.488 bits per heavy atom. The van der Waals surface area contributed by atoms with Gasteiger partial charge < -0.3 is 38.1 Å². The summed E-state index contributed by atoms with van der Waals surface area (Å²) in [5, 5.41) is 0. The van der Waals surface area contributed by atoms with Crippen LogP contribution in [0.5, 0.6) is 0 Å². The summed E-state index contributed by atoms with van der Waals surface area (Å²) >= 11 is 0. The van der Waals surface area contributed by atoms with Crippen LogP contribution in [0.3, 0.4) is 0 Å². The van der Waals surface area contributed by atoms with Crippen LogP contribution in [0.25, 0.3) is 0 Å². The summed E-state index contributed by atoms with van der Waals surface area (Å²) < 4.78 is 36.0. The van der Waals surface area contributed by atoms with Crippen molar-refractivity contribution in [2.75, 3.05) is 117 Å². The van der Waals surface area contributed by atoms with Crippen LogP contribution in [0.2, 0.25) is 0 Å². The topological polar surface area (TPSA) is 155 Å². The number of aryl methyl sites for hydroxylation is 2. The van der Waals surface area contributed by atoms with Crippen molar-refractivity contribution >= 4 is 23.8 Å². The number of nitrogens with zero attached hydrogens (tertiary/aromatic N) is 10. The molecule has 1 unspecified atom stereocenters. The molecule has 0 saturated heterocycles. The van der Waals surface area contributed by atoms with Crippen molar-refractivity contribution in [2.45, 2.75) is 27.0 Å². The second-order valence-corrected chi connectivity index (χ2v) is 8.54. The maximum Gasteiger partial charge on any atom is 0.234 e. The van der Waals surface area contributed by atoms with Gasteiger partial charge in [0.1, 0.15) is 58.3 Å². The van der Waals surface area contributed by atoms with E-state index in [1.807, 2.05) is 25.8 Å². The van der Waals surface area contributed by atoms with Gasteiger partial charge in [-0.1, -0.05) is 0 Å².